The zero-order valence-corrected chi connectivity index (χ0v) is 26.0. The molecule has 1 unspecified atom stereocenters. The van der Waals surface area contributed by atoms with Crippen LogP contribution in [0.2, 0.25) is 10.0 Å². The van der Waals surface area contributed by atoms with Gasteiger partial charge in [-0.1, -0.05) is 29.3 Å². The highest BCUT2D eigenvalue weighted by Gasteiger charge is 2.57. The van der Waals surface area contributed by atoms with E-state index >= 15 is 0 Å². The molecule has 0 aromatic heterocycles. The lowest BCUT2D eigenvalue weighted by molar-refractivity contribution is -0.972. The number of amides is 2. The molecule has 0 aliphatic carbocycles. The van der Waals surface area contributed by atoms with Crippen molar-refractivity contribution in [2.24, 2.45) is 0 Å². The maximum atomic E-state index is 14.0. The van der Waals surface area contributed by atoms with Crippen LogP contribution < -0.4 is 5.32 Å². The topological polar surface area (TPSA) is 76.4 Å². The predicted octanol–water partition coefficient (Wildman–Crippen LogP) is 5.32. The Hall–Kier alpha value is -2.63. The number of nitrogens with zero attached hydrogens (tertiary/aromatic N) is 4. The summed E-state index contributed by atoms with van der Waals surface area (Å²) in [5.74, 6) is 0.140. The average molecular weight is 600 g/mol. The van der Waals surface area contributed by atoms with E-state index in [1.165, 1.54) is 6.42 Å². The Morgan fingerprint density at radius 2 is 1.66 bits per heavy atom. The van der Waals surface area contributed by atoms with Gasteiger partial charge in [-0.05, 0) is 61.2 Å². The van der Waals surface area contributed by atoms with Gasteiger partial charge in [0.05, 0.1) is 41.3 Å². The molecule has 2 heterocycles. The number of hydrogen-bond acceptors (Lipinski definition) is 4. The molecule has 41 heavy (non-hydrogen) atoms. The van der Waals surface area contributed by atoms with Crippen LogP contribution in [0.25, 0.3) is 0 Å². The molecular formula is C32H42Cl2N5O2+. The molecule has 2 aliphatic rings. The maximum Gasteiger partial charge on any atom is 0.283 e. The second-order valence-corrected chi connectivity index (χ2v) is 12.7. The molecule has 2 aromatic carbocycles. The van der Waals surface area contributed by atoms with Gasteiger partial charge in [0, 0.05) is 71.5 Å². The molecule has 0 bridgehead atoms. The first-order valence-corrected chi connectivity index (χ1v) is 15.4. The van der Waals surface area contributed by atoms with Gasteiger partial charge in [0.2, 0.25) is 0 Å². The average Bonchev–Trinajstić information content (AvgIpc) is 3.00. The van der Waals surface area contributed by atoms with Crippen LogP contribution in [0.5, 0.6) is 0 Å². The SMILES string of the molecule is CN(C)C(=O)C1([N+]2(CCC(CN(C)C(=O)c3ccc(C#N)cc3)c3ccc(Cl)c(Cl)c3)CCCCC2)CCNCC1. The summed E-state index contributed by atoms with van der Waals surface area (Å²) in [5, 5.41) is 13.6. The third-order valence-corrected chi connectivity index (χ3v) is 9.98. The van der Waals surface area contributed by atoms with Crippen molar-refractivity contribution in [2.75, 3.05) is 60.4 Å². The molecule has 4 rings (SSSR count). The minimum Gasteiger partial charge on any atom is -0.343 e. The molecule has 0 spiro atoms. The van der Waals surface area contributed by atoms with Crippen LogP contribution in [0, 0.1) is 11.3 Å². The monoisotopic (exact) mass is 598 g/mol. The Labute approximate surface area is 254 Å². The molecule has 0 radical (unpaired) electrons. The number of quaternary nitrogens is 1. The van der Waals surface area contributed by atoms with Crippen molar-refractivity contribution >= 4 is 35.0 Å². The van der Waals surface area contributed by atoms with Gasteiger partial charge in [-0.25, -0.2) is 0 Å². The number of benzene rings is 2. The number of nitrogens with one attached hydrogen (secondary N) is 1. The zero-order valence-electron chi connectivity index (χ0n) is 24.5. The number of halogens is 2. The van der Waals surface area contributed by atoms with E-state index < -0.39 is 5.54 Å². The number of likely N-dealkylation sites (N-methyl/N-ethyl adjacent to an activating group) is 2. The summed E-state index contributed by atoms with van der Waals surface area (Å²) in [5.41, 5.74) is 1.66. The Balaban J connectivity index is 1.65. The van der Waals surface area contributed by atoms with Gasteiger partial charge in [-0.3, -0.25) is 9.59 Å². The summed E-state index contributed by atoms with van der Waals surface area (Å²) >= 11 is 12.8. The van der Waals surface area contributed by atoms with E-state index in [0.717, 1.165) is 74.9 Å². The fourth-order valence-corrected chi connectivity index (χ4v) is 7.29. The standard InChI is InChI=1S/C32H42Cl2N5O2/c1-37(2)31(41)32(14-16-36-17-15-32)39(18-5-4-6-19-39)20-13-27(26-11-12-28(33)29(34)21-26)23-38(3)30(40)25-9-7-24(22-35)8-10-25/h7-12,21,27,36H,4-6,13-20,23H2,1-3H3/q+1. The Morgan fingerprint density at radius 3 is 2.24 bits per heavy atom. The fraction of sp³-hybridized carbons (Fsp3) is 0.531. The number of likely N-dealkylation sites (tertiary alicyclic amines) is 1. The van der Waals surface area contributed by atoms with E-state index in [9.17, 15) is 9.59 Å². The van der Waals surface area contributed by atoms with E-state index in [2.05, 4.69) is 11.4 Å². The lowest BCUT2D eigenvalue weighted by Crippen LogP contribution is -2.74. The molecule has 2 fully saturated rings. The number of carbonyl (C=O) groups excluding carboxylic acids is 2. The van der Waals surface area contributed by atoms with Crippen LogP contribution in [0.3, 0.4) is 0 Å². The Morgan fingerprint density at radius 1 is 1.00 bits per heavy atom. The summed E-state index contributed by atoms with van der Waals surface area (Å²) in [4.78, 5) is 30.9. The number of hydrogen-bond donors (Lipinski definition) is 1. The van der Waals surface area contributed by atoms with Gasteiger partial charge in [0.1, 0.15) is 0 Å². The van der Waals surface area contributed by atoms with Gasteiger partial charge in [0.15, 0.2) is 5.54 Å². The van der Waals surface area contributed by atoms with Crippen LogP contribution in [-0.2, 0) is 4.79 Å². The van der Waals surface area contributed by atoms with Gasteiger partial charge >= 0.3 is 0 Å². The van der Waals surface area contributed by atoms with E-state index in [1.54, 1.807) is 34.1 Å². The van der Waals surface area contributed by atoms with E-state index in [-0.39, 0.29) is 17.7 Å². The number of piperidine rings is 2. The summed E-state index contributed by atoms with van der Waals surface area (Å²) < 4.78 is 0.802. The van der Waals surface area contributed by atoms with Crippen molar-refractivity contribution in [3.63, 3.8) is 0 Å². The number of nitriles is 1. The maximum absolute atomic E-state index is 14.0. The molecule has 2 aliphatic heterocycles. The second-order valence-electron chi connectivity index (χ2n) is 11.9. The molecule has 9 heteroatoms. The zero-order chi connectivity index (χ0) is 29.6. The fourth-order valence-electron chi connectivity index (χ4n) is 6.98. The molecule has 220 valence electrons. The number of carbonyl (C=O) groups is 2. The van der Waals surface area contributed by atoms with Gasteiger partial charge < -0.3 is 19.6 Å². The number of rotatable bonds is 9. The van der Waals surface area contributed by atoms with Crippen molar-refractivity contribution in [3.05, 3.63) is 69.2 Å². The predicted molar refractivity (Wildman–Crippen MR) is 164 cm³/mol. The molecule has 2 saturated heterocycles. The highest BCUT2D eigenvalue weighted by atomic mass is 35.5. The molecule has 1 N–H and O–H groups in total. The highest BCUT2D eigenvalue weighted by molar-refractivity contribution is 6.42. The largest absolute Gasteiger partial charge is 0.343 e. The highest BCUT2D eigenvalue weighted by Crippen LogP contribution is 2.40. The van der Waals surface area contributed by atoms with Crippen LogP contribution in [0.4, 0.5) is 0 Å². The van der Waals surface area contributed by atoms with Gasteiger partial charge in [-0.2, -0.15) is 5.26 Å². The summed E-state index contributed by atoms with van der Waals surface area (Å²) in [6.07, 6.45) is 5.90. The van der Waals surface area contributed by atoms with Crippen LogP contribution in [0.1, 0.15) is 65.9 Å². The van der Waals surface area contributed by atoms with Crippen LogP contribution in [-0.4, -0.2) is 92.0 Å². The smallest absolute Gasteiger partial charge is 0.283 e. The lowest BCUT2D eigenvalue weighted by atomic mass is 9.79. The first-order valence-electron chi connectivity index (χ1n) is 14.6. The molecule has 7 nitrogen and oxygen atoms in total. The second kappa shape index (κ2) is 13.6. The molecule has 2 amide bonds. The van der Waals surface area contributed by atoms with Crippen molar-refractivity contribution < 1.29 is 14.1 Å². The van der Waals surface area contributed by atoms with E-state index in [4.69, 9.17) is 28.5 Å². The van der Waals surface area contributed by atoms with Crippen LogP contribution >= 0.6 is 23.2 Å². The molecule has 2 aromatic rings. The Kier molecular flexibility index (Phi) is 10.4. The van der Waals surface area contributed by atoms with E-state index in [0.29, 0.717) is 27.7 Å². The van der Waals surface area contributed by atoms with Crippen molar-refractivity contribution in [2.45, 2.75) is 50.0 Å². The van der Waals surface area contributed by atoms with E-state index in [1.807, 2.05) is 39.3 Å². The quantitative estimate of drug-likeness (QED) is 0.396. The molecule has 0 saturated carbocycles. The van der Waals surface area contributed by atoms with Crippen LogP contribution in [0.15, 0.2) is 42.5 Å². The van der Waals surface area contributed by atoms with Gasteiger partial charge in [0.25, 0.3) is 11.8 Å². The normalized spacial score (nSPS) is 18.6. The van der Waals surface area contributed by atoms with Crippen molar-refractivity contribution in [3.8, 4) is 6.07 Å². The third kappa shape index (κ3) is 6.73. The molecule has 1 atom stereocenters. The summed E-state index contributed by atoms with van der Waals surface area (Å²) in [7, 11) is 5.59. The van der Waals surface area contributed by atoms with Crippen molar-refractivity contribution in [1.82, 2.24) is 15.1 Å². The minimum absolute atomic E-state index is 0.00208. The molecular weight excluding hydrogens is 557 g/mol. The third-order valence-electron chi connectivity index (χ3n) is 9.24. The van der Waals surface area contributed by atoms with Crippen molar-refractivity contribution in [1.29, 1.82) is 5.26 Å². The Bertz CT molecular complexity index is 1260. The first kappa shape index (κ1) is 31.3. The minimum atomic E-state index is -0.443. The summed E-state index contributed by atoms with van der Waals surface area (Å²) in [6, 6.07) is 14.6. The van der Waals surface area contributed by atoms with Gasteiger partial charge in [-0.15, -0.1) is 0 Å². The first-order chi connectivity index (χ1) is 19.6. The summed E-state index contributed by atoms with van der Waals surface area (Å²) in [6.45, 7) is 5.02. The lowest BCUT2D eigenvalue weighted by Gasteiger charge is -2.56.